The second kappa shape index (κ2) is 9.03. The lowest BCUT2D eigenvalue weighted by atomic mass is 10.3. The van der Waals surface area contributed by atoms with Crippen molar-refractivity contribution in [3.8, 4) is 5.75 Å². The van der Waals surface area contributed by atoms with Gasteiger partial charge in [0.25, 0.3) is 5.91 Å². The summed E-state index contributed by atoms with van der Waals surface area (Å²) in [5, 5.41) is 0.153. The number of piperazine rings is 1. The van der Waals surface area contributed by atoms with E-state index in [1.54, 1.807) is 18.7 Å². The van der Waals surface area contributed by atoms with E-state index in [1.165, 1.54) is 18.2 Å². The molecule has 0 radical (unpaired) electrons. The Morgan fingerprint density at radius 2 is 1.92 bits per heavy atom. The summed E-state index contributed by atoms with van der Waals surface area (Å²) in [6.07, 6.45) is 0. The molecule has 0 unspecified atom stereocenters. The summed E-state index contributed by atoms with van der Waals surface area (Å²) in [6, 6.07) is 3.99. The summed E-state index contributed by atoms with van der Waals surface area (Å²) in [4.78, 5) is 16.4. The summed E-state index contributed by atoms with van der Waals surface area (Å²) in [7, 11) is -3.62. The molecule has 0 atom stereocenters. The van der Waals surface area contributed by atoms with E-state index >= 15 is 0 Å². The van der Waals surface area contributed by atoms with E-state index in [2.05, 4.69) is 16.5 Å². The summed E-state index contributed by atoms with van der Waals surface area (Å²) in [5.74, 6) is 0.186. The van der Waals surface area contributed by atoms with E-state index in [4.69, 9.17) is 16.3 Å². The second-order valence-corrected chi connectivity index (χ2v) is 8.59. The van der Waals surface area contributed by atoms with E-state index in [9.17, 15) is 13.2 Å². The van der Waals surface area contributed by atoms with Gasteiger partial charge in [0.15, 0.2) is 6.61 Å². The Bertz CT molecular complexity index is 732. The number of ether oxygens (including phenoxy) is 1. The van der Waals surface area contributed by atoms with Crippen LogP contribution in [0.25, 0.3) is 0 Å². The van der Waals surface area contributed by atoms with Crippen molar-refractivity contribution in [1.82, 2.24) is 14.5 Å². The monoisotopic (exact) mass is 403 g/mol. The smallest absolute Gasteiger partial charge is 0.260 e. The highest BCUT2D eigenvalue weighted by atomic mass is 35.5. The molecule has 0 aromatic heterocycles. The number of halogens is 1. The van der Waals surface area contributed by atoms with Gasteiger partial charge in [0.1, 0.15) is 5.75 Å². The van der Waals surface area contributed by atoms with Crippen LogP contribution in [-0.4, -0.2) is 69.5 Å². The first-order chi connectivity index (χ1) is 12.2. The third kappa shape index (κ3) is 5.57. The highest BCUT2D eigenvalue weighted by molar-refractivity contribution is 7.89. The van der Waals surface area contributed by atoms with Gasteiger partial charge in [-0.15, -0.1) is 0 Å². The molecule has 0 saturated carbocycles. The predicted octanol–water partition coefficient (Wildman–Crippen LogP) is 1.57. The van der Waals surface area contributed by atoms with Crippen molar-refractivity contribution in [3.63, 3.8) is 0 Å². The first kappa shape index (κ1) is 21.0. The van der Waals surface area contributed by atoms with Crippen molar-refractivity contribution in [1.29, 1.82) is 0 Å². The maximum atomic E-state index is 12.3. The molecule has 1 fully saturated rings. The highest BCUT2D eigenvalue weighted by Crippen LogP contribution is 2.27. The van der Waals surface area contributed by atoms with Crippen molar-refractivity contribution in [2.75, 3.05) is 39.3 Å². The maximum Gasteiger partial charge on any atom is 0.260 e. The molecule has 1 aliphatic heterocycles. The molecule has 1 aromatic rings. The van der Waals surface area contributed by atoms with Gasteiger partial charge in [-0.3, -0.25) is 4.79 Å². The predicted molar refractivity (Wildman–Crippen MR) is 101 cm³/mol. The lowest BCUT2D eigenvalue weighted by Crippen LogP contribution is -2.49. The number of rotatable bonds is 7. The molecule has 1 amide bonds. The van der Waals surface area contributed by atoms with Crippen molar-refractivity contribution in [2.45, 2.75) is 31.7 Å². The van der Waals surface area contributed by atoms with Crippen LogP contribution in [0.4, 0.5) is 0 Å². The number of carbonyl (C=O) groups excluding carboxylic acids is 1. The molecule has 1 N–H and O–H groups in total. The molecule has 0 spiro atoms. The highest BCUT2D eigenvalue weighted by Gasteiger charge is 2.21. The van der Waals surface area contributed by atoms with Gasteiger partial charge < -0.3 is 14.5 Å². The molecule has 26 heavy (non-hydrogen) atoms. The Balaban J connectivity index is 1.95. The zero-order valence-corrected chi connectivity index (χ0v) is 16.9. The van der Waals surface area contributed by atoms with Crippen LogP contribution in [0.1, 0.15) is 20.8 Å². The van der Waals surface area contributed by atoms with Crippen LogP contribution in [-0.2, 0) is 14.8 Å². The van der Waals surface area contributed by atoms with Gasteiger partial charge in [0, 0.05) is 32.2 Å². The fourth-order valence-corrected chi connectivity index (χ4v) is 4.27. The Hall–Kier alpha value is -1.35. The summed E-state index contributed by atoms with van der Waals surface area (Å²) < 4.78 is 32.3. The minimum absolute atomic E-state index is 0.0607. The molecule has 1 saturated heterocycles. The number of benzene rings is 1. The van der Waals surface area contributed by atoms with E-state index in [1.807, 2.05) is 0 Å². The normalized spacial score (nSPS) is 16.1. The molecule has 0 aliphatic carbocycles. The molecule has 0 bridgehead atoms. The molecular formula is C17H26ClN3O4S. The van der Waals surface area contributed by atoms with Gasteiger partial charge in [-0.25, -0.2) is 13.1 Å². The van der Waals surface area contributed by atoms with E-state index < -0.39 is 10.0 Å². The first-order valence-electron chi connectivity index (χ1n) is 8.67. The summed E-state index contributed by atoms with van der Waals surface area (Å²) in [6.45, 7) is 9.52. The van der Waals surface area contributed by atoms with E-state index in [0.29, 0.717) is 13.1 Å². The third-order valence-corrected chi connectivity index (χ3v) is 6.08. The lowest BCUT2D eigenvalue weighted by molar-refractivity contribution is -0.135. The maximum absolute atomic E-state index is 12.3. The largest absolute Gasteiger partial charge is 0.482 e. The Kier molecular flexibility index (Phi) is 7.28. The third-order valence-electron chi connectivity index (χ3n) is 4.13. The molecular weight excluding hydrogens is 378 g/mol. The van der Waals surface area contributed by atoms with Crippen molar-refractivity contribution in [3.05, 3.63) is 23.2 Å². The molecule has 1 aliphatic rings. The Labute approximate surface area is 160 Å². The topological polar surface area (TPSA) is 79.0 Å². The average Bonchev–Trinajstić information content (AvgIpc) is 2.59. The number of amides is 1. The molecule has 146 valence electrons. The quantitative estimate of drug-likeness (QED) is 0.747. The number of hydrogen-bond donors (Lipinski definition) is 1. The molecule has 2 rings (SSSR count). The zero-order valence-electron chi connectivity index (χ0n) is 15.4. The van der Waals surface area contributed by atoms with Crippen LogP contribution < -0.4 is 9.46 Å². The fraction of sp³-hybridized carbons (Fsp3) is 0.588. The molecule has 1 aromatic carbocycles. The first-order valence-corrected chi connectivity index (χ1v) is 10.5. The molecule has 7 nitrogen and oxygen atoms in total. The van der Waals surface area contributed by atoms with Gasteiger partial charge >= 0.3 is 0 Å². The molecule has 1 heterocycles. The summed E-state index contributed by atoms with van der Waals surface area (Å²) in [5.41, 5.74) is 0. The van der Waals surface area contributed by atoms with Crippen molar-refractivity contribution >= 4 is 27.5 Å². The Morgan fingerprint density at radius 3 is 2.46 bits per heavy atom. The van der Waals surface area contributed by atoms with Crippen LogP contribution in [0.2, 0.25) is 5.02 Å². The number of carbonyl (C=O) groups is 1. The zero-order chi connectivity index (χ0) is 19.3. The van der Waals surface area contributed by atoms with Crippen LogP contribution >= 0.6 is 11.6 Å². The van der Waals surface area contributed by atoms with Gasteiger partial charge in [-0.1, -0.05) is 18.5 Å². The lowest BCUT2D eigenvalue weighted by Gasteiger charge is -2.33. The standard InChI is InChI=1S/C17H26ClN3O4S/c1-4-20-7-9-21(10-8-20)17(22)12-25-16-6-5-14(11-15(16)18)26(23,24)19-13(2)3/h5-6,11,13,19H,4,7-10,12H2,1-3H3. The van der Waals surface area contributed by atoms with Crippen molar-refractivity contribution in [2.24, 2.45) is 0 Å². The number of nitrogens with zero attached hydrogens (tertiary/aromatic N) is 2. The van der Waals surface area contributed by atoms with Gasteiger partial charge in [-0.05, 0) is 38.6 Å². The minimum Gasteiger partial charge on any atom is -0.482 e. The number of sulfonamides is 1. The van der Waals surface area contributed by atoms with Crippen LogP contribution in [0.5, 0.6) is 5.75 Å². The number of hydrogen-bond acceptors (Lipinski definition) is 5. The van der Waals surface area contributed by atoms with Gasteiger partial charge in [0.2, 0.25) is 10.0 Å². The van der Waals surface area contributed by atoms with Gasteiger partial charge in [-0.2, -0.15) is 0 Å². The number of nitrogens with one attached hydrogen (secondary N) is 1. The van der Waals surface area contributed by atoms with E-state index in [0.717, 1.165) is 19.6 Å². The minimum atomic E-state index is -3.62. The van der Waals surface area contributed by atoms with Crippen LogP contribution in [0.15, 0.2) is 23.1 Å². The SMILES string of the molecule is CCN1CCN(C(=O)COc2ccc(S(=O)(=O)NC(C)C)cc2Cl)CC1. The fourth-order valence-electron chi connectivity index (χ4n) is 2.69. The number of likely N-dealkylation sites (N-methyl/N-ethyl adjacent to an activating group) is 1. The Morgan fingerprint density at radius 1 is 1.27 bits per heavy atom. The van der Waals surface area contributed by atoms with Crippen LogP contribution in [0, 0.1) is 0 Å². The van der Waals surface area contributed by atoms with Crippen molar-refractivity contribution < 1.29 is 17.9 Å². The van der Waals surface area contributed by atoms with Crippen LogP contribution in [0.3, 0.4) is 0 Å². The summed E-state index contributed by atoms with van der Waals surface area (Å²) >= 11 is 6.13. The second-order valence-electron chi connectivity index (χ2n) is 6.47. The molecule has 9 heteroatoms. The van der Waals surface area contributed by atoms with Gasteiger partial charge in [0.05, 0.1) is 9.92 Å². The average molecular weight is 404 g/mol. The van der Waals surface area contributed by atoms with E-state index in [-0.39, 0.29) is 34.2 Å².